The van der Waals surface area contributed by atoms with Crippen LogP contribution >= 0.6 is 24.2 Å². The van der Waals surface area contributed by atoms with E-state index in [4.69, 9.17) is 4.74 Å². The van der Waals surface area contributed by atoms with Crippen LogP contribution in [0.15, 0.2) is 0 Å². The van der Waals surface area contributed by atoms with Crippen LogP contribution in [0.5, 0.6) is 0 Å². The van der Waals surface area contributed by atoms with Crippen LogP contribution in [0.1, 0.15) is 19.3 Å². The predicted molar refractivity (Wildman–Crippen MR) is 79.7 cm³/mol. The lowest BCUT2D eigenvalue weighted by atomic mass is 9.78. The van der Waals surface area contributed by atoms with Crippen molar-refractivity contribution < 1.29 is 9.53 Å². The van der Waals surface area contributed by atoms with E-state index in [9.17, 15) is 4.79 Å². The monoisotopic (exact) mass is 296 g/mol. The highest BCUT2D eigenvalue weighted by Gasteiger charge is 2.39. The summed E-state index contributed by atoms with van der Waals surface area (Å²) in [6.45, 7) is 3.12. The van der Waals surface area contributed by atoms with Gasteiger partial charge in [0.2, 0.25) is 5.91 Å². The Hall–Kier alpha value is 0.0300. The number of amides is 1. The molecule has 18 heavy (non-hydrogen) atoms. The molecule has 0 aromatic heterocycles. The molecule has 0 aliphatic carbocycles. The number of carbonyl (C=O) groups excluding carboxylic acids is 1. The molecule has 0 atom stereocenters. The van der Waals surface area contributed by atoms with Crippen molar-refractivity contribution in [2.75, 3.05) is 45.4 Å². The normalized spacial score (nSPS) is 17.9. The smallest absolute Gasteiger partial charge is 0.228 e. The van der Waals surface area contributed by atoms with Gasteiger partial charge >= 0.3 is 0 Å². The van der Waals surface area contributed by atoms with Crippen LogP contribution in [-0.2, 0) is 9.53 Å². The molecule has 0 unspecified atom stereocenters. The number of halogens is 1. The molecule has 1 heterocycles. The number of ether oxygens (including phenoxy) is 1. The van der Waals surface area contributed by atoms with Crippen LogP contribution in [-0.4, -0.2) is 51.3 Å². The molecule has 0 bridgehead atoms. The standard InChI is InChI=1S/C12H24N2O2S.ClH/c1-16-10-12(4-7-13-8-5-12)11(15)14-6-3-9-17-2;/h13H,3-10H2,1-2H3,(H,14,15);1H. The number of nitrogens with one attached hydrogen (secondary N) is 2. The highest BCUT2D eigenvalue weighted by Crippen LogP contribution is 2.29. The summed E-state index contributed by atoms with van der Waals surface area (Å²) >= 11 is 1.81. The van der Waals surface area contributed by atoms with Gasteiger partial charge in [-0.05, 0) is 44.4 Å². The zero-order valence-corrected chi connectivity index (χ0v) is 12.9. The van der Waals surface area contributed by atoms with Crippen molar-refractivity contribution in [3.8, 4) is 0 Å². The maximum Gasteiger partial charge on any atom is 0.228 e. The van der Waals surface area contributed by atoms with E-state index >= 15 is 0 Å². The maximum atomic E-state index is 12.2. The van der Waals surface area contributed by atoms with Crippen molar-refractivity contribution in [2.24, 2.45) is 5.41 Å². The van der Waals surface area contributed by atoms with Crippen LogP contribution in [0.3, 0.4) is 0 Å². The van der Waals surface area contributed by atoms with Gasteiger partial charge in [-0.2, -0.15) is 11.8 Å². The number of thioether (sulfide) groups is 1. The number of rotatable bonds is 7. The minimum Gasteiger partial charge on any atom is -0.384 e. The molecule has 1 saturated heterocycles. The summed E-state index contributed by atoms with van der Waals surface area (Å²) in [4.78, 5) is 12.2. The molecule has 1 amide bonds. The van der Waals surface area contributed by atoms with E-state index in [2.05, 4.69) is 16.9 Å². The van der Waals surface area contributed by atoms with Gasteiger partial charge in [0.25, 0.3) is 0 Å². The Balaban J connectivity index is 0.00000289. The number of hydrogen-bond donors (Lipinski definition) is 2. The third-order valence-electron chi connectivity index (χ3n) is 3.27. The van der Waals surface area contributed by atoms with E-state index in [1.54, 1.807) is 7.11 Å². The molecule has 0 saturated carbocycles. The molecule has 2 N–H and O–H groups in total. The summed E-state index contributed by atoms with van der Waals surface area (Å²) < 4.78 is 5.24. The first-order valence-corrected chi connectivity index (χ1v) is 7.61. The fourth-order valence-electron chi connectivity index (χ4n) is 2.22. The zero-order chi connectivity index (χ0) is 12.6. The minimum absolute atomic E-state index is 0. The highest BCUT2D eigenvalue weighted by molar-refractivity contribution is 7.98. The SMILES string of the molecule is COCC1(C(=O)NCCCSC)CCNCC1.Cl. The molecule has 0 radical (unpaired) electrons. The summed E-state index contributed by atoms with van der Waals surface area (Å²) in [5.74, 6) is 1.26. The molecular weight excluding hydrogens is 272 g/mol. The summed E-state index contributed by atoms with van der Waals surface area (Å²) in [5, 5.41) is 6.34. The van der Waals surface area contributed by atoms with Crippen molar-refractivity contribution in [3.63, 3.8) is 0 Å². The first kappa shape index (κ1) is 18.0. The Morgan fingerprint density at radius 2 is 2.11 bits per heavy atom. The van der Waals surface area contributed by atoms with Gasteiger partial charge in [-0.1, -0.05) is 0 Å². The minimum atomic E-state index is -0.306. The van der Waals surface area contributed by atoms with E-state index < -0.39 is 0 Å². The number of piperidine rings is 1. The Labute approximate surface area is 120 Å². The van der Waals surface area contributed by atoms with Crippen LogP contribution in [0, 0.1) is 5.41 Å². The second-order valence-corrected chi connectivity index (χ2v) is 5.55. The lowest BCUT2D eigenvalue weighted by Crippen LogP contribution is -2.50. The van der Waals surface area contributed by atoms with Crippen molar-refractivity contribution in [2.45, 2.75) is 19.3 Å². The Morgan fingerprint density at radius 1 is 1.44 bits per heavy atom. The maximum absolute atomic E-state index is 12.2. The van der Waals surface area contributed by atoms with Gasteiger partial charge in [0.05, 0.1) is 12.0 Å². The fraction of sp³-hybridized carbons (Fsp3) is 0.917. The van der Waals surface area contributed by atoms with Gasteiger partial charge < -0.3 is 15.4 Å². The Bertz CT molecular complexity index is 231. The van der Waals surface area contributed by atoms with Gasteiger partial charge in [0, 0.05) is 13.7 Å². The average Bonchev–Trinajstić information content (AvgIpc) is 2.36. The summed E-state index contributed by atoms with van der Waals surface area (Å²) in [6, 6.07) is 0. The van der Waals surface area contributed by atoms with Gasteiger partial charge in [-0.3, -0.25) is 4.79 Å². The summed E-state index contributed by atoms with van der Waals surface area (Å²) in [6.07, 6.45) is 4.86. The molecule has 1 aliphatic heterocycles. The first-order chi connectivity index (χ1) is 8.25. The molecular formula is C12H25ClN2O2S. The number of methoxy groups -OCH3 is 1. The summed E-state index contributed by atoms with van der Waals surface area (Å²) in [7, 11) is 1.67. The van der Waals surface area contributed by atoms with Crippen molar-refractivity contribution in [1.29, 1.82) is 0 Å². The molecule has 0 aromatic rings. The van der Waals surface area contributed by atoms with Crippen LogP contribution < -0.4 is 10.6 Å². The molecule has 1 aliphatic rings. The van der Waals surface area contributed by atoms with Crippen LogP contribution in [0.25, 0.3) is 0 Å². The number of hydrogen-bond acceptors (Lipinski definition) is 4. The molecule has 4 nitrogen and oxygen atoms in total. The van der Waals surface area contributed by atoms with Gasteiger partial charge in [0.1, 0.15) is 0 Å². The van der Waals surface area contributed by atoms with E-state index in [0.717, 1.165) is 44.6 Å². The summed E-state index contributed by atoms with van der Waals surface area (Å²) in [5.41, 5.74) is -0.306. The lowest BCUT2D eigenvalue weighted by Gasteiger charge is -2.35. The molecule has 0 spiro atoms. The first-order valence-electron chi connectivity index (χ1n) is 6.22. The van der Waals surface area contributed by atoms with Crippen LogP contribution in [0.4, 0.5) is 0 Å². The van der Waals surface area contributed by atoms with Crippen molar-refractivity contribution in [3.05, 3.63) is 0 Å². The molecule has 1 rings (SSSR count). The van der Waals surface area contributed by atoms with E-state index in [-0.39, 0.29) is 23.7 Å². The average molecular weight is 297 g/mol. The second-order valence-electron chi connectivity index (χ2n) is 4.57. The third-order valence-corrected chi connectivity index (χ3v) is 3.97. The zero-order valence-electron chi connectivity index (χ0n) is 11.3. The number of carbonyl (C=O) groups is 1. The highest BCUT2D eigenvalue weighted by atomic mass is 35.5. The Kier molecular flexibility index (Phi) is 9.91. The van der Waals surface area contributed by atoms with Gasteiger partial charge in [0.15, 0.2) is 0 Å². The lowest BCUT2D eigenvalue weighted by molar-refractivity contribution is -0.136. The topological polar surface area (TPSA) is 50.4 Å². The van der Waals surface area contributed by atoms with Crippen molar-refractivity contribution in [1.82, 2.24) is 10.6 Å². The Morgan fingerprint density at radius 3 is 2.67 bits per heavy atom. The van der Waals surface area contributed by atoms with Crippen LogP contribution in [0.2, 0.25) is 0 Å². The van der Waals surface area contributed by atoms with Gasteiger partial charge in [-0.15, -0.1) is 12.4 Å². The fourth-order valence-corrected chi connectivity index (χ4v) is 2.66. The molecule has 1 fully saturated rings. The predicted octanol–water partition coefficient (Wildman–Crippen LogP) is 1.29. The largest absolute Gasteiger partial charge is 0.384 e. The quantitative estimate of drug-likeness (QED) is 0.695. The van der Waals surface area contributed by atoms with E-state index in [0.29, 0.717) is 6.61 Å². The molecule has 6 heteroatoms. The third kappa shape index (κ3) is 5.34. The van der Waals surface area contributed by atoms with E-state index in [1.807, 2.05) is 11.8 Å². The van der Waals surface area contributed by atoms with Gasteiger partial charge in [-0.25, -0.2) is 0 Å². The molecule has 108 valence electrons. The van der Waals surface area contributed by atoms with Crippen molar-refractivity contribution >= 4 is 30.1 Å². The molecule has 0 aromatic carbocycles. The van der Waals surface area contributed by atoms with E-state index in [1.165, 1.54) is 0 Å². The second kappa shape index (κ2) is 9.89.